The normalized spacial score (nSPS) is 10.3. The summed E-state index contributed by atoms with van der Waals surface area (Å²) in [4.78, 5) is 10.6. The SMILES string of the molecule is Cc1cc(C)c([N+](=O)[O-])cc1OCc1ccc(I)cc1. The molecule has 4 nitrogen and oxygen atoms in total. The van der Waals surface area contributed by atoms with Crippen molar-refractivity contribution in [3.63, 3.8) is 0 Å². The Kier molecular flexibility index (Phi) is 4.59. The highest BCUT2D eigenvalue weighted by Crippen LogP contribution is 2.28. The first-order valence-electron chi connectivity index (χ1n) is 6.10. The predicted octanol–water partition coefficient (Wildman–Crippen LogP) is 4.40. The number of nitrogens with zero attached hydrogens (tertiary/aromatic N) is 1. The summed E-state index contributed by atoms with van der Waals surface area (Å²) in [5, 5.41) is 10.9. The van der Waals surface area contributed by atoms with Crippen molar-refractivity contribution in [2.24, 2.45) is 0 Å². The van der Waals surface area contributed by atoms with Crippen LogP contribution in [0.15, 0.2) is 36.4 Å². The van der Waals surface area contributed by atoms with Gasteiger partial charge in [-0.1, -0.05) is 12.1 Å². The van der Waals surface area contributed by atoms with Gasteiger partial charge in [-0.05, 0) is 65.8 Å². The Hall–Kier alpha value is -1.63. The van der Waals surface area contributed by atoms with Crippen molar-refractivity contribution in [1.29, 1.82) is 0 Å². The second kappa shape index (κ2) is 6.21. The van der Waals surface area contributed by atoms with Crippen molar-refractivity contribution < 1.29 is 9.66 Å². The number of benzene rings is 2. The number of rotatable bonds is 4. The number of aryl methyl sites for hydroxylation is 2. The van der Waals surface area contributed by atoms with Crippen molar-refractivity contribution in [2.45, 2.75) is 20.5 Å². The van der Waals surface area contributed by atoms with E-state index in [1.807, 2.05) is 31.2 Å². The van der Waals surface area contributed by atoms with Crippen LogP contribution in [0.4, 0.5) is 5.69 Å². The summed E-state index contributed by atoms with van der Waals surface area (Å²) in [6.45, 7) is 4.02. The van der Waals surface area contributed by atoms with Gasteiger partial charge in [-0.3, -0.25) is 10.1 Å². The molecule has 0 spiro atoms. The number of ether oxygens (including phenoxy) is 1. The van der Waals surface area contributed by atoms with Gasteiger partial charge in [-0.25, -0.2) is 0 Å². The smallest absolute Gasteiger partial charge is 0.276 e. The summed E-state index contributed by atoms with van der Waals surface area (Å²) in [7, 11) is 0. The quantitative estimate of drug-likeness (QED) is 0.447. The second-order valence-corrected chi connectivity index (χ2v) is 5.82. The minimum Gasteiger partial charge on any atom is -0.488 e. The predicted molar refractivity (Wildman–Crippen MR) is 86.1 cm³/mol. The number of hydrogen-bond donors (Lipinski definition) is 0. The maximum absolute atomic E-state index is 10.9. The van der Waals surface area contributed by atoms with E-state index in [1.165, 1.54) is 6.07 Å². The molecule has 0 radical (unpaired) electrons. The van der Waals surface area contributed by atoms with E-state index in [-0.39, 0.29) is 10.6 Å². The fourth-order valence-electron chi connectivity index (χ4n) is 1.92. The number of halogens is 1. The molecule has 0 fully saturated rings. The lowest BCUT2D eigenvalue weighted by Crippen LogP contribution is -1.99. The van der Waals surface area contributed by atoms with Gasteiger partial charge in [0.15, 0.2) is 0 Å². The molecule has 2 rings (SSSR count). The summed E-state index contributed by atoms with van der Waals surface area (Å²) >= 11 is 2.24. The van der Waals surface area contributed by atoms with Crippen LogP contribution in [-0.4, -0.2) is 4.92 Å². The van der Waals surface area contributed by atoms with Crippen molar-refractivity contribution in [1.82, 2.24) is 0 Å². The molecule has 104 valence electrons. The molecule has 2 aromatic carbocycles. The minimum atomic E-state index is -0.382. The van der Waals surface area contributed by atoms with Gasteiger partial charge >= 0.3 is 0 Å². The number of hydrogen-bond acceptors (Lipinski definition) is 3. The summed E-state index contributed by atoms with van der Waals surface area (Å²) in [6.07, 6.45) is 0. The Bertz CT molecular complexity index is 638. The molecular formula is C15H14INO3. The van der Waals surface area contributed by atoms with Gasteiger partial charge < -0.3 is 4.74 Å². The molecular weight excluding hydrogens is 369 g/mol. The zero-order valence-electron chi connectivity index (χ0n) is 11.2. The fraction of sp³-hybridized carbons (Fsp3) is 0.200. The molecule has 5 heteroatoms. The van der Waals surface area contributed by atoms with Crippen LogP contribution in [0, 0.1) is 27.5 Å². The van der Waals surface area contributed by atoms with Crippen LogP contribution in [0.1, 0.15) is 16.7 Å². The van der Waals surface area contributed by atoms with Crippen molar-refractivity contribution in [3.8, 4) is 5.75 Å². The highest BCUT2D eigenvalue weighted by Gasteiger charge is 2.14. The monoisotopic (exact) mass is 383 g/mol. The molecule has 0 saturated heterocycles. The highest BCUT2D eigenvalue weighted by atomic mass is 127. The molecule has 0 atom stereocenters. The third-order valence-electron chi connectivity index (χ3n) is 3.00. The molecule has 0 unspecified atom stereocenters. The van der Waals surface area contributed by atoms with Gasteiger partial charge in [0.1, 0.15) is 12.4 Å². The van der Waals surface area contributed by atoms with E-state index in [0.29, 0.717) is 17.9 Å². The summed E-state index contributed by atoms with van der Waals surface area (Å²) in [5.74, 6) is 0.556. The Morgan fingerprint density at radius 1 is 1.15 bits per heavy atom. The molecule has 0 aromatic heterocycles. The van der Waals surface area contributed by atoms with E-state index >= 15 is 0 Å². The minimum absolute atomic E-state index is 0.0909. The van der Waals surface area contributed by atoms with Crippen LogP contribution < -0.4 is 4.74 Å². The van der Waals surface area contributed by atoms with E-state index in [0.717, 1.165) is 14.7 Å². The van der Waals surface area contributed by atoms with Gasteiger partial charge in [0.25, 0.3) is 5.69 Å². The lowest BCUT2D eigenvalue weighted by molar-refractivity contribution is -0.385. The molecule has 0 N–H and O–H groups in total. The zero-order valence-corrected chi connectivity index (χ0v) is 13.4. The Morgan fingerprint density at radius 2 is 1.80 bits per heavy atom. The van der Waals surface area contributed by atoms with Crippen LogP contribution in [-0.2, 0) is 6.61 Å². The molecule has 0 aliphatic rings. The third-order valence-corrected chi connectivity index (χ3v) is 3.72. The molecule has 0 aliphatic heterocycles. The van der Waals surface area contributed by atoms with Crippen molar-refractivity contribution in [2.75, 3.05) is 0 Å². The van der Waals surface area contributed by atoms with E-state index in [2.05, 4.69) is 22.6 Å². The van der Waals surface area contributed by atoms with Crippen molar-refractivity contribution in [3.05, 3.63) is 66.8 Å². The molecule has 0 amide bonds. The number of nitro benzene ring substituents is 1. The van der Waals surface area contributed by atoms with E-state index in [1.54, 1.807) is 13.0 Å². The maximum atomic E-state index is 10.9. The first kappa shape index (κ1) is 14.8. The van der Waals surface area contributed by atoms with E-state index in [4.69, 9.17) is 4.74 Å². The first-order valence-corrected chi connectivity index (χ1v) is 7.18. The first-order chi connectivity index (χ1) is 9.47. The average molecular weight is 383 g/mol. The van der Waals surface area contributed by atoms with E-state index < -0.39 is 0 Å². The maximum Gasteiger partial charge on any atom is 0.276 e. The molecule has 0 heterocycles. The standard InChI is InChI=1S/C15H14INO3/c1-10-7-11(2)15(8-14(10)17(18)19)20-9-12-3-5-13(16)6-4-12/h3-8H,9H2,1-2H3. The highest BCUT2D eigenvalue weighted by molar-refractivity contribution is 14.1. The molecule has 0 saturated carbocycles. The van der Waals surface area contributed by atoms with Crippen LogP contribution in [0.3, 0.4) is 0 Å². The van der Waals surface area contributed by atoms with Gasteiger partial charge in [0.2, 0.25) is 0 Å². The van der Waals surface area contributed by atoms with Crippen molar-refractivity contribution >= 4 is 28.3 Å². The fourth-order valence-corrected chi connectivity index (χ4v) is 2.28. The third kappa shape index (κ3) is 3.47. The molecule has 0 bridgehead atoms. The Balaban J connectivity index is 2.18. The lowest BCUT2D eigenvalue weighted by Gasteiger charge is -2.10. The van der Waals surface area contributed by atoms with Gasteiger partial charge in [0, 0.05) is 9.13 Å². The van der Waals surface area contributed by atoms with Gasteiger partial charge in [0.05, 0.1) is 11.0 Å². The van der Waals surface area contributed by atoms with Gasteiger partial charge in [-0.2, -0.15) is 0 Å². The topological polar surface area (TPSA) is 52.4 Å². The molecule has 2 aromatic rings. The average Bonchev–Trinajstić information content (AvgIpc) is 2.39. The number of nitro groups is 1. The zero-order chi connectivity index (χ0) is 14.7. The summed E-state index contributed by atoms with van der Waals surface area (Å²) < 4.78 is 6.86. The summed E-state index contributed by atoms with van der Waals surface area (Å²) in [5.41, 5.74) is 2.67. The van der Waals surface area contributed by atoms with Crippen LogP contribution >= 0.6 is 22.6 Å². The Morgan fingerprint density at radius 3 is 2.40 bits per heavy atom. The van der Waals surface area contributed by atoms with Crippen LogP contribution in [0.25, 0.3) is 0 Å². The lowest BCUT2D eigenvalue weighted by atomic mass is 10.1. The largest absolute Gasteiger partial charge is 0.488 e. The van der Waals surface area contributed by atoms with Crippen LogP contribution in [0.2, 0.25) is 0 Å². The second-order valence-electron chi connectivity index (χ2n) is 4.58. The van der Waals surface area contributed by atoms with Gasteiger partial charge in [-0.15, -0.1) is 0 Å². The van der Waals surface area contributed by atoms with Crippen LogP contribution in [0.5, 0.6) is 5.75 Å². The Labute approximate surface area is 131 Å². The molecule has 0 aliphatic carbocycles. The summed E-state index contributed by atoms with van der Waals surface area (Å²) in [6, 6.07) is 11.3. The van der Waals surface area contributed by atoms with E-state index in [9.17, 15) is 10.1 Å². The molecule has 20 heavy (non-hydrogen) atoms.